The van der Waals surface area contributed by atoms with E-state index in [9.17, 15) is 18.0 Å². The maximum atomic E-state index is 12.3. The minimum atomic E-state index is -4.30. The minimum Gasteiger partial charge on any atom is -0.311 e. The van der Waals surface area contributed by atoms with Crippen molar-refractivity contribution < 1.29 is 18.0 Å². The van der Waals surface area contributed by atoms with Crippen LogP contribution < -0.4 is 4.90 Å². The van der Waals surface area contributed by atoms with E-state index in [1.165, 1.54) is 4.90 Å². The molecule has 0 saturated heterocycles. The summed E-state index contributed by atoms with van der Waals surface area (Å²) in [7, 11) is 3.83. The van der Waals surface area contributed by atoms with Crippen molar-refractivity contribution in [2.45, 2.75) is 31.5 Å². The van der Waals surface area contributed by atoms with Gasteiger partial charge in [0.25, 0.3) is 0 Å². The zero-order valence-corrected chi connectivity index (χ0v) is 12.2. The standard InChI is InChI=1S/C15H19F3N2O/c1-19(2)12-9-11-5-3-4-6-13(11)20(10-12)14(21)7-8-15(16,17)18/h3-6,12H,7-10H2,1-2H3/t12-/m1/s1. The van der Waals surface area contributed by atoms with Crippen LogP contribution in [0.25, 0.3) is 0 Å². The van der Waals surface area contributed by atoms with E-state index < -0.39 is 24.9 Å². The number of fused-ring (bicyclic) bond motifs is 1. The SMILES string of the molecule is CN(C)[C@@H]1Cc2ccccc2N(C(=O)CCC(F)(F)F)C1. The third-order valence-corrected chi connectivity index (χ3v) is 3.78. The number of benzene rings is 1. The van der Waals surface area contributed by atoms with Crippen LogP contribution in [0.1, 0.15) is 18.4 Å². The highest BCUT2D eigenvalue weighted by Gasteiger charge is 2.33. The zero-order chi connectivity index (χ0) is 15.6. The Kier molecular flexibility index (Phi) is 4.56. The van der Waals surface area contributed by atoms with E-state index in [2.05, 4.69) is 0 Å². The molecule has 0 unspecified atom stereocenters. The second-order valence-electron chi connectivity index (χ2n) is 5.57. The number of likely N-dealkylation sites (N-methyl/N-ethyl adjacent to an activating group) is 1. The number of halogens is 3. The molecule has 2 rings (SSSR count). The molecule has 1 atom stereocenters. The molecule has 0 N–H and O–H groups in total. The largest absolute Gasteiger partial charge is 0.389 e. The van der Waals surface area contributed by atoms with Crippen LogP contribution in [0.3, 0.4) is 0 Å². The molecule has 0 saturated carbocycles. The van der Waals surface area contributed by atoms with Gasteiger partial charge in [-0.2, -0.15) is 13.2 Å². The van der Waals surface area contributed by atoms with Gasteiger partial charge in [0.15, 0.2) is 0 Å². The first kappa shape index (κ1) is 15.8. The highest BCUT2D eigenvalue weighted by Crippen LogP contribution is 2.30. The smallest absolute Gasteiger partial charge is 0.311 e. The van der Waals surface area contributed by atoms with Crippen molar-refractivity contribution in [3.63, 3.8) is 0 Å². The van der Waals surface area contributed by atoms with Crippen LogP contribution >= 0.6 is 0 Å². The van der Waals surface area contributed by atoms with E-state index >= 15 is 0 Å². The molecule has 6 heteroatoms. The van der Waals surface area contributed by atoms with E-state index in [0.717, 1.165) is 17.7 Å². The Morgan fingerprint density at radius 3 is 2.62 bits per heavy atom. The lowest BCUT2D eigenvalue weighted by atomic mass is 9.96. The molecular weight excluding hydrogens is 281 g/mol. The molecule has 0 aromatic heterocycles. The molecule has 0 fully saturated rings. The fourth-order valence-corrected chi connectivity index (χ4v) is 2.54. The highest BCUT2D eigenvalue weighted by molar-refractivity contribution is 5.94. The molecule has 3 nitrogen and oxygen atoms in total. The average Bonchev–Trinajstić information content (AvgIpc) is 2.42. The predicted molar refractivity (Wildman–Crippen MR) is 75.3 cm³/mol. The van der Waals surface area contributed by atoms with E-state index in [0.29, 0.717) is 6.54 Å². The van der Waals surface area contributed by atoms with Crippen LogP contribution in [0.15, 0.2) is 24.3 Å². The molecule has 1 aromatic rings. The number of hydrogen-bond donors (Lipinski definition) is 0. The molecule has 116 valence electrons. The van der Waals surface area contributed by atoms with Gasteiger partial charge in [0.1, 0.15) is 0 Å². The lowest BCUT2D eigenvalue weighted by Crippen LogP contribution is -2.48. The van der Waals surface area contributed by atoms with Crippen LogP contribution in [-0.4, -0.2) is 43.7 Å². The van der Waals surface area contributed by atoms with Gasteiger partial charge in [-0.15, -0.1) is 0 Å². The first-order chi connectivity index (χ1) is 9.78. The third kappa shape index (κ3) is 3.97. The Labute approximate surface area is 122 Å². The third-order valence-electron chi connectivity index (χ3n) is 3.78. The molecular formula is C15H19F3N2O. The van der Waals surface area contributed by atoms with Crippen LogP contribution in [0, 0.1) is 0 Å². The van der Waals surface area contributed by atoms with Crippen LogP contribution in [0.2, 0.25) is 0 Å². The summed E-state index contributed by atoms with van der Waals surface area (Å²) in [6, 6.07) is 7.53. The quantitative estimate of drug-likeness (QED) is 0.857. The number of amides is 1. The maximum Gasteiger partial charge on any atom is 0.389 e. The first-order valence-electron chi connectivity index (χ1n) is 6.89. The number of hydrogen-bond acceptors (Lipinski definition) is 2. The zero-order valence-electron chi connectivity index (χ0n) is 12.2. The molecule has 1 aromatic carbocycles. The number of nitrogens with zero attached hydrogens (tertiary/aromatic N) is 2. The summed E-state index contributed by atoms with van der Waals surface area (Å²) in [6.45, 7) is 0.431. The summed E-state index contributed by atoms with van der Waals surface area (Å²) in [4.78, 5) is 15.7. The number of anilines is 1. The molecule has 1 amide bonds. The van der Waals surface area contributed by atoms with Gasteiger partial charge in [0.2, 0.25) is 5.91 Å². The Balaban J connectivity index is 2.19. The monoisotopic (exact) mass is 300 g/mol. The van der Waals surface area contributed by atoms with Gasteiger partial charge in [-0.05, 0) is 32.1 Å². The van der Waals surface area contributed by atoms with Crippen molar-refractivity contribution in [1.82, 2.24) is 4.90 Å². The van der Waals surface area contributed by atoms with Gasteiger partial charge in [0.05, 0.1) is 6.42 Å². The van der Waals surface area contributed by atoms with Crippen LogP contribution in [-0.2, 0) is 11.2 Å². The number of rotatable bonds is 3. The molecule has 0 bridgehead atoms. The normalized spacial score (nSPS) is 18.8. The van der Waals surface area contributed by atoms with Gasteiger partial charge in [-0.3, -0.25) is 4.79 Å². The minimum absolute atomic E-state index is 0.120. The van der Waals surface area contributed by atoms with Crippen molar-refractivity contribution in [2.24, 2.45) is 0 Å². The number of para-hydroxylation sites is 1. The van der Waals surface area contributed by atoms with Crippen molar-refractivity contribution in [3.05, 3.63) is 29.8 Å². The number of carbonyl (C=O) groups excluding carboxylic acids is 1. The molecule has 0 aliphatic carbocycles. The predicted octanol–water partition coefficient (Wildman–Crippen LogP) is 2.85. The molecule has 21 heavy (non-hydrogen) atoms. The summed E-state index contributed by atoms with van der Waals surface area (Å²) in [6.07, 6.45) is -5.08. The van der Waals surface area contributed by atoms with Crippen molar-refractivity contribution in [1.29, 1.82) is 0 Å². The average molecular weight is 300 g/mol. The maximum absolute atomic E-state index is 12.3. The first-order valence-corrected chi connectivity index (χ1v) is 6.89. The lowest BCUT2D eigenvalue weighted by molar-refractivity contribution is -0.143. The Morgan fingerprint density at radius 2 is 2.00 bits per heavy atom. The van der Waals surface area contributed by atoms with E-state index in [1.54, 1.807) is 12.1 Å². The van der Waals surface area contributed by atoms with Crippen LogP contribution in [0.5, 0.6) is 0 Å². The summed E-state index contributed by atoms with van der Waals surface area (Å²) < 4.78 is 36.9. The van der Waals surface area contributed by atoms with Gasteiger partial charge in [0, 0.05) is 24.7 Å². The molecule has 1 aliphatic heterocycles. The fraction of sp³-hybridized carbons (Fsp3) is 0.533. The Morgan fingerprint density at radius 1 is 1.33 bits per heavy atom. The summed E-state index contributed by atoms with van der Waals surface area (Å²) in [5, 5.41) is 0. The molecule has 0 spiro atoms. The van der Waals surface area contributed by atoms with Gasteiger partial charge in [-0.1, -0.05) is 18.2 Å². The van der Waals surface area contributed by atoms with E-state index in [-0.39, 0.29) is 6.04 Å². The van der Waals surface area contributed by atoms with Crippen molar-refractivity contribution >= 4 is 11.6 Å². The van der Waals surface area contributed by atoms with Gasteiger partial charge < -0.3 is 9.80 Å². The second kappa shape index (κ2) is 6.05. The molecule has 1 aliphatic rings. The fourth-order valence-electron chi connectivity index (χ4n) is 2.54. The molecule has 1 heterocycles. The van der Waals surface area contributed by atoms with Crippen molar-refractivity contribution in [3.8, 4) is 0 Å². The highest BCUT2D eigenvalue weighted by atomic mass is 19.4. The van der Waals surface area contributed by atoms with Crippen molar-refractivity contribution in [2.75, 3.05) is 25.5 Å². The van der Waals surface area contributed by atoms with E-state index in [4.69, 9.17) is 0 Å². The lowest BCUT2D eigenvalue weighted by Gasteiger charge is -2.37. The Hall–Kier alpha value is -1.56. The van der Waals surface area contributed by atoms with Gasteiger partial charge in [-0.25, -0.2) is 0 Å². The number of alkyl halides is 3. The summed E-state index contributed by atoms with van der Waals surface area (Å²) in [5.74, 6) is -0.466. The van der Waals surface area contributed by atoms with E-state index in [1.807, 2.05) is 31.1 Å². The van der Waals surface area contributed by atoms with Crippen LogP contribution in [0.4, 0.5) is 18.9 Å². The number of carbonyl (C=O) groups is 1. The summed E-state index contributed by atoms with van der Waals surface area (Å²) in [5.41, 5.74) is 1.74. The summed E-state index contributed by atoms with van der Waals surface area (Å²) >= 11 is 0. The van der Waals surface area contributed by atoms with Gasteiger partial charge >= 0.3 is 6.18 Å². The Bertz CT molecular complexity index is 514. The topological polar surface area (TPSA) is 23.6 Å². The second-order valence-corrected chi connectivity index (χ2v) is 5.57. The molecule has 0 radical (unpaired) electrons.